The fraction of sp³-hybridized carbons (Fsp3) is 0.391. The molecule has 0 saturated carbocycles. The van der Waals surface area contributed by atoms with E-state index in [-0.39, 0.29) is 23.7 Å². The van der Waals surface area contributed by atoms with E-state index in [1.165, 1.54) is 0 Å². The number of amides is 2. The van der Waals surface area contributed by atoms with E-state index in [1.54, 1.807) is 29.2 Å². The van der Waals surface area contributed by atoms with Crippen LogP contribution in [0.5, 0.6) is 0 Å². The van der Waals surface area contributed by atoms with Crippen molar-refractivity contribution in [1.29, 1.82) is 0 Å². The minimum Gasteiger partial charge on any atom is -0.378 e. The second kappa shape index (κ2) is 8.56. The second-order valence-electron chi connectivity index (χ2n) is 7.73. The summed E-state index contributed by atoms with van der Waals surface area (Å²) in [6.07, 6.45) is 0. The van der Waals surface area contributed by atoms with Gasteiger partial charge in [0.1, 0.15) is 0 Å². The van der Waals surface area contributed by atoms with Crippen molar-refractivity contribution in [3.63, 3.8) is 0 Å². The van der Waals surface area contributed by atoms with E-state index in [0.717, 1.165) is 11.1 Å². The van der Waals surface area contributed by atoms with E-state index in [1.807, 2.05) is 17.0 Å². The topological polar surface area (TPSA) is 49.9 Å². The van der Waals surface area contributed by atoms with Crippen LogP contribution in [-0.4, -0.2) is 61.0 Å². The van der Waals surface area contributed by atoms with E-state index < -0.39 is 0 Å². The third kappa shape index (κ3) is 4.16. The molecule has 5 nitrogen and oxygen atoms in total. The van der Waals surface area contributed by atoms with Crippen LogP contribution in [0.1, 0.15) is 27.4 Å². The molecule has 152 valence electrons. The Balaban J connectivity index is 1.63. The SMILES string of the molecule is Cc1ccccc1[C@H]1CN(C(=O)c2cccc(Cl)c2)C[C@@H]1C(=O)N1CCOCC1. The van der Waals surface area contributed by atoms with E-state index in [2.05, 4.69) is 19.1 Å². The van der Waals surface area contributed by atoms with Gasteiger partial charge in [-0.05, 0) is 36.2 Å². The van der Waals surface area contributed by atoms with Crippen LogP contribution in [0.3, 0.4) is 0 Å². The quantitative estimate of drug-likeness (QED) is 0.776. The van der Waals surface area contributed by atoms with Gasteiger partial charge in [-0.25, -0.2) is 0 Å². The molecule has 2 aliphatic heterocycles. The van der Waals surface area contributed by atoms with Crippen molar-refractivity contribution < 1.29 is 14.3 Å². The molecule has 6 heteroatoms. The van der Waals surface area contributed by atoms with Crippen LogP contribution in [0.25, 0.3) is 0 Å². The molecule has 0 spiro atoms. The van der Waals surface area contributed by atoms with Gasteiger partial charge in [-0.1, -0.05) is 41.9 Å². The molecule has 4 rings (SSSR count). The Morgan fingerprint density at radius 1 is 1.00 bits per heavy atom. The first-order valence-corrected chi connectivity index (χ1v) is 10.4. The highest BCUT2D eigenvalue weighted by molar-refractivity contribution is 6.30. The largest absolute Gasteiger partial charge is 0.378 e. The molecule has 0 unspecified atom stereocenters. The Bertz CT molecular complexity index is 911. The van der Waals surface area contributed by atoms with E-state index in [0.29, 0.717) is 50.0 Å². The molecular weight excluding hydrogens is 388 g/mol. The molecule has 2 amide bonds. The average Bonchev–Trinajstić information content (AvgIpc) is 3.18. The lowest BCUT2D eigenvalue weighted by Crippen LogP contribution is -2.45. The normalized spacial score (nSPS) is 22.0. The highest BCUT2D eigenvalue weighted by atomic mass is 35.5. The summed E-state index contributed by atoms with van der Waals surface area (Å²) in [5.74, 6) is -0.238. The monoisotopic (exact) mass is 412 g/mol. The van der Waals surface area contributed by atoms with Crippen molar-refractivity contribution in [1.82, 2.24) is 9.80 Å². The van der Waals surface area contributed by atoms with E-state index in [9.17, 15) is 9.59 Å². The van der Waals surface area contributed by atoms with Gasteiger partial charge >= 0.3 is 0 Å². The summed E-state index contributed by atoms with van der Waals surface area (Å²) in [4.78, 5) is 30.2. The van der Waals surface area contributed by atoms with Crippen LogP contribution >= 0.6 is 11.6 Å². The number of hydrogen-bond acceptors (Lipinski definition) is 3. The van der Waals surface area contributed by atoms with Crippen molar-refractivity contribution in [3.05, 3.63) is 70.2 Å². The number of likely N-dealkylation sites (tertiary alicyclic amines) is 1. The zero-order chi connectivity index (χ0) is 20.4. The van der Waals surface area contributed by atoms with Crippen molar-refractivity contribution in [2.75, 3.05) is 39.4 Å². The van der Waals surface area contributed by atoms with Crippen LogP contribution in [0.4, 0.5) is 0 Å². The van der Waals surface area contributed by atoms with Gasteiger partial charge < -0.3 is 14.5 Å². The fourth-order valence-electron chi connectivity index (χ4n) is 4.36. The molecule has 2 atom stereocenters. The maximum atomic E-state index is 13.4. The summed E-state index contributed by atoms with van der Waals surface area (Å²) in [6, 6.07) is 15.1. The van der Waals surface area contributed by atoms with Crippen LogP contribution in [-0.2, 0) is 9.53 Å². The molecule has 29 heavy (non-hydrogen) atoms. The lowest BCUT2D eigenvalue weighted by molar-refractivity contribution is -0.139. The zero-order valence-electron chi connectivity index (χ0n) is 16.5. The van der Waals surface area contributed by atoms with Gasteiger partial charge in [-0.2, -0.15) is 0 Å². The van der Waals surface area contributed by atoms with Crippen molar-refractivity contribution in [2.45, 2.75) is 12.8 Å². The molecule has 0 aromatic heterocycles. The number of carbonyl (C=O) groups excluding carboxylic acids is 2. The van der Waals surface area contributed by atoms with Gasteiger partial charge in [-0.15, -0.1) is 0 Å². The summed E-state index contributed by atoms with van der Waals surface area (Å²) in [6.45, 7) is 5.36. The number of benzene rings is 2. The van der Waals surface area contributed by atoms with Crippen molar-refractivity contribution >= 4 is 23.4 Å². The minimum atomic E-state index is -0.252. The average molecular weight is 413 g/mol. The molecule has 0 aliphatic carbocycles. The van der Waals surface area contributed by atoms with Gasteiger partial charge in [-0.3, -0.25) is 9.59 Å². The van der Waals surface area contributed by atoms with Crippen LogP contribution in [0.15, 0.2) is 48.5 Å². The Labute approximate surface area is 176 Å². The first kappa shape index (κ1) is 19.9. The molecule has 0 bridgehead atoms. The Hall–Kier alpha value is -2.37. The third-order valence-electron chi connectivity index (χ3n) is 5.91. The zero-order valence-corrected chi connectivity index (χ0v) is 17.3. The summed E-state index contributed by atoms with van der Waals surface area (Å²) in [5.41, 5.74) is 2.84. The number of halogens is 1. The summed E-state index contributed by atoms with van der Waals surface area (Å²) < 4.78 is 5.40. The number of morpholine rings is 1. The molecule has 2 aromatic carbocycles. The molecule has 0 radical (unpaired) electrons. The molecule has 2 fully saturated rings. The fourth-order valence-corrected chi connectivity index (χ4v) is 4.55. The number of carbonyl (C=O) groups is 2. The predicted octanol–water partition coefficient (Wildman–Crippen LogP) is 3.36. The Morgan fingerprint density at radius 3 is 2.48 bits per heavy atom. The lowest BCUT2D eigenvalue weighted by Gasteiger charge is -2.31. The summed E-state index contributed by atoms with van der Waals surface area (Å²) >= 11 is 6.08. The molecular formula is C23H25ClN2O3. The van der Waals surface area contributed by atoms with Gasteiger partial charge in [0.25, 0.3) is 5.91 Å². The first-order valence-electron chi connectivity index (χ1n) is 10.0. The highest BCUT2D eigenvalue weighted by Gasteiger charge is 2.42. The number of nitrogens with zero attached hydrogens (tertiary/aromatic N) is 2. The molecule has 2 saturated heterocycles. The van der Waals surface area contributed by atoms with Gasteiger partial charge in [0.15, 0.2) is 0 Å². The van der Waals surface area contributed by atoms with Crippen LogP contribution < -0.4 is 0 Å². The second-order valence-corrected chi connectivity index (χ2v) is 8.16. The van der Waals surface area contributed by atoms with Gasteiger partial charge in [0.2, 0.25) is 5.91 Å². The number of aryl methyl sites for hydroxylation is 1. The Kier molecular flexibility index (Phi) is 5.88. The maximum absolute atomic E-state index is 13.4. The van der Waals surface area contributed by atoms with E-state index in [4.69, 9.17) is 16.3 Å². The number of rotatable bonds is 3. The molecule has 2 aromatic rings. The smallest absolute Gasteiger partial charge is 0.253 e. The van der Waals surface area contributed by atoms with Crippen LogP contribution in [0.2, 0.25) is 5.02 Å². The standard InChI is InChI=1S/C23H25ClN2O3/c1-16-5-2-3-8-19(16)20-14-26(22(27)17-6-4-7-18(24)13-17)15-21(20)23(28)25-9-11-29-12-10-25/h2-8,13,20-21H,9-12,14-15H2,1H3/t20-,21+/m1/s1. The minimum absolute atomic E-state index is 0.0188. The molecule has 2 heterocycles. The summed E-state index contributed by atoms with van der Waals surface area (Å²) in [5, 5.41) is 0.534. The van der Waals surface area contributed by atoms with Crippen LogP contribution in [0, 0.1) is 12.8 Å². The summed E-state index contributed by atoms with van der Waals surface area (Å²) in [7, 11) is 0. The number of hydrogen-bond donors (Lipinski definition) is 0. The Morgan fingerprint density at radius 2 is 1.76 bits per heavy atom. The van der Waals surface area contributed by atoms with Gasteiger partial charge in [0.05, 0.1) is 19.1 Å². The molecule has 2 aliphatic rings. The molecule has 0 N–H and O–H groups in total. The number of ether oxygens (including phenoxy) is 1. The first-order chi connectivity index (χ1) is 14.0. The van der Waals surface area contributed by atoms with Gasteiger partial charge in [0, 0.05) is 42.7 Å². The third-order valence-corrected chi connectivity index (χ3v) is 6.14. The maximum Gasteiger partial charge on any atom is 0.253 e. The van der Waals surface area contributed by atoms with Crippen molar-refractivity contribution in [3.8, 4) is 0 Å². The predicted molar refractivity (Wildman–Crippen MR) is 112 cm³/mol. The lowest BCUT2D eigenvalue weighted by atomic mass is 9.85. The van der Waals surface area contributed by atoms with E-state index >= 15 is 0 Å². The van der Waals surface area contributed by atoms with Crippen molar-refractivity contribution in [2.24, 2.45) is 5.92 Å². The highest BCUT2D eigenvalue weighted by Crippen LogP contribution is 2.36.